The number of benzene rings is 3. The highest BCUT2D eigenvalue weighted by Gasteiger charge is 2.16. The lowest BCUT2D eigenvalue weighted by Crippen LogP contribution is -2.21. The summed E-state index contributed by atoms with van der Waals surface area (Å²) in [5.74, 6) is 1.71. The van der Waals surface area contributed by atoms with E-state index in [0.29, 0.717) is 55.6 Å². The average Bonchev–Trinajstić information content (AvgIpc) is 3.32. The number of methoxy groups -OCH3 is 1. The molecule has 0 unspecified atom stereocenters. The number of aromatic nitrogens is 4. The summed E-state index contributed by atoms with van der Waals surface area (Å²) in [5.41, 5.74) is 1.77. The Morgan fingerprint density at radius 1 is 1.03 bits per heavy atom. The number of rotatable bonds is 6. The van der Waals surface area contributed by atoms with Gasteiger partial charge in [-0.2, -0.15) is 0 Å². The number of hydrogen-bond donors (Lipinski definition) is 0. The number of thioether (sulfide) groups is 1. The largest absolute Gasteiger partial charge is 0.497 e. The highest BCUT2D eigenvalue weighted by Crippen LogP contribution is 2.29. The summed E-state index contributed by atoms with van der Waals surface area (Å²) in [5, 5.41) is 9.81. The van der Waals surface area contributed by atoms with Crippen LogP contribution in [0.15, 0.2) is 87.2 Å². The summed E-state index contributed by atoms with van der Waals surface area (Å²) < 4.78 is 12.7. The molecule has 0 aliphatic heterocycles. The quantitative estimate of drug-likeness (QED) is 0.240. The van der Waals surface area contributed by atoms with Gasteiger partial charge < -0.3 is 9.15 Å². The molecule has 0 radical (unpaired) electrons. The predicted octanol–water partition coefficient (Wildman–Crippen LogP) is 5.39. The van der Waals surface area contributed by atoms with Crippen molar-refractivity contribution in [3.63, 3.8) is 0 Å². The van der Waals surface area contributed by atoms with Crippen LogP contribution in [0.4, 0.5) is 0 Å². The Balaban J connectivity index is 1.53. The number of ether oxygens (including phenoxy) is 1. The number of para-hydroxylation sites is 1. The second kappa shape index (κ2) is 9.09. The second-order valence-electron chi connectivity index (χ2n) is 7.02. The van der Waals surface area contributed by atoms with Crippen LogP contribution in [-0.4, -0.2) is 26.9 Å². The van der Waals surface area contributed by atoms with Gasteiger partial charge in [0.1, 0.15) is 5.75 Å². The fraction of sp³-hybridized carbons (Fsp3) is 0.0833. The van der Waals surface area contributed by atoms with E-state index in [4.69, 9.17) is 25.7 Å². The predicted molar refractivity (Wildman–Crippen MR) is 128 cm³/mol. The first kappa shape index (κ1) is 21.2. The summed E-state index contributed by atoms with van der Waals surface area (Å²) in [6.07, 6.45) is 0. The van der Waals surface area contributed by atoms with Crippen LogP contribution < -0.4 is 10.3 Å². The maximum atomic E-state index is 13.4. The lowest BCUT2D eigenvalue weighted by atomic mass is 10.2. The van der Waals surface area contributed by atoms with Gasteiger partial charge in [-0.05, 0) is 36.4 Å². The number of halogens is 1. The number of fused-ring (bicyclic) bond motifs is 1. The van der Waals surface area contributed by atoms with Crippen molar-refractivity contribution in [1.29, 1.82) is 0 Å². The van der Waals surface area contributed by atoms with E-state index < -0.39 is 0 Å². The third-order valence-electron chi connectivity index (χ3n) is 4.95. The van der Waals surface area contributed by atoms with E-state index in [1.54, 1.807) is 29.9 Å². The third-order valence-corrected chi connectivity index (χ3v) is 6.21. The number of hydrogen-bond acceptors (Lipinski definition) is 7. The van der Waals surface area contributed by atoms with Gasteiger partial charge in [-0.1, -0.05) is 53.7 Å². The second-order valence-corrected chi connectivity index (χ2v) is 8.37. The molecule has 0 fully saturated rings. The molecule has 0 N–H and O–H groups in total. The van der Waals surface area contributed by atoms with Crippen LogP contribution in [0.1, 0.15) is 5.89 Å². The van der Waals surface area contributed by atoms with Gasteiger partial charge in [0, 0.05) is 6.07 Å². The fourth-order valence-corrected chi connectivity index (χ4v) is 4.43. The van der Waals surface area contributed by atoms with Crippen molar-refractivity contribution >= 4 is 34.3 Å². The Labute approximate surface area is 198 Å². The first-order chi connectivity index (χ1) is 16.1. The Hall–Kier alpha value is -3.62. The van der Waals surface area contributed by atoms with Crippen LogP contribution in [0.2, 0.25) is 5.02 Å². The molecule has 0 spiro atoms. The zero-order chi connectivity index (χ0) is 22.8. The van der Waals surface area contributed by atoms with Gasteiger partial charge in [-0.25, -0.2) is 4.98 Å². The normalized spacial score (nSPS) is 11.1. The van der Waals surface area contributed by atoms with E-state index in [2.05, 4.69) is 10.2 Å². The van der Waals surface area contributed by atoms with Crippen LogP contribution in [0.3, 0.4) is 0 Å². The third kappa shape index (κ3) is 4.22. The molecular formula is C24H17ClN4O3S. The standard InChI is InChI=1S/C24H17ClN4O3S/c1-31-16-8-6-7-15(13-16)29-23(30)18-10-3-5-12-20(18)26-24(29)33-14-21-27-28-22(32-21)17-9-2-4-11-19(17)25/h2-13H,14H2,1H3. The molecule has 0 atom stereocenters. The zero-order valence-corrected chi connectivity index (χ0v) is 19.0. The highest BCUT2D eigenvalue weighted by molar-refractivity contribution is 7.98. The van der Waals surface area contributed by atoms with Gasteiger partial charge in [0.05, 0.1) is 40.0 Å². The smallest absolute Gasteiger partial charge is 0.266 e. The maximum absolute atomic E-state index is 13.4. The summed E-state index contributed by atoms with van der Waals surface area (Å²) in [6.45, 7) is 0. The van der Waals surface area contributed by atoms with Gasteiger partial charge in [0.15, 0.2) is 5.16 Å². The summed E-state index contributed by atoms with van der Waals surface area (Å²) >= 11 is 7.57. The Bertz CT molecular complexity index is 1520. The average molecular weight is 477 g/mol. The first-order valence-electron chi connectivity index (χ1n) is 10.0. The topological polar surface area (TPSA) is 83.0 Å². The minimum absolute atomic E-state index is 0.168. The van der Waals surface area contributed by atoms with Crippen molar-refractivity contribution in [2.45, 2.75) is 10.9 Å². The van der Waals surface area contributed by atoms with Gasteiger partial charge in [0.25, 0.3) is 5.56 Å². The Morgan fingerprint density at radius 3 is 2.70 bits per heavy atom. The van der Waals surface area contributed by atoms with Crippen LogP contribution in [0, 0.1) is 0 Å². The van der Waals surface area contributed by atoms with E-state index in [0.717, 1.165) is 0 Å². The number of nitrogens with zero attached hydrogens (tertiary/aromatic N) is 4. The van der Waals surface area contributed by atoms with Crippen molar-refractivity contribution < 1.29 is 9.15 Å². The molecule has 2 aromatic heterocycles. The molecule has 0 aliphatic carbocycles. The Morgan fingerprint density at radius 2 is 1.85 bits per heavy atom. The summed E-state index contributed by atoms with van der Waals surface area (Å²) in [7, 11) is 1.59. The molecule has 0 saturated heterocycles. The van der Waals surface area contributed by atoms with E-state index in [1.807, 2.05) is 54.6 Å². The monoisotopic (exact) mass is 476 g/mol. The molecule has 0 bridgehead atoms. The molecular weight excluding hydrogens is 460 g/mol. The lowest BCUT2D eigenvalue weighted by molar-refractivity contribution is 0.414. The van der Waals surface area contributed by atoms with Gasteiger partial charge in [-0.3, -0.25) is 9.36 Å². The van der Waals surface area contributed by atoms with Crippen LogP contribution >= 0.6 is 23.4 Å². The molecule has 0 saturated carbocycles. The highest BCUT2D eigenvalue weighted by atomic mass is 35.5. The SMILES string of the molecule is COc1cccc(-n2c(SCc3nnc(-c4ccccc4Cl)o3)nc3ccccc3c2=O)c1. The van der Waals surface area contributed by atoms with Crippen LogP contribution in [0.5, 0.6) is 5.75 Å². The van der Waals surface area contributed by atoms with Crippen LogP contribution in [-0.2, 0) is 5.75 Å². The van der Waals surface area contributed by atoms with Crippen molar-refractivity contribution in [2.75, 3.05) is 7.11 Å². The molecule has 5 rings (SSSR count). The van der Waals surface area contributed by atoms with E-state index in [9.17, 15) is 4.79 Å². The fourth-order valence-electron chi connectivity index (χ4n) is 3.37. The molecule has 5 aromatic rings. The summed E-state index contributed by atoms with van der Waals surface area (Å²) in [6, 6.07) is 21.8. The molecule has 0 amide bonds. The van der Waals surface area contributed by atoms with Crippen molar-refractivity contribution in [1.82, 2.24) is 19.7 Å². The molecule has 33 heavy (non-hydrogen) atoms. The summed E-state index contributed by atoms with van der Waals surface area (Å²) in [4.78, 5) is 18.1. The van der Waals surface area contributed by atoms with Gasteiger partial charge >= 0.3 is 0 Å². The van der Waals surface area contributed by atoms with Crippen LogP contribution in [0.25, 0.3) is 28.0 Å². The lowest BCUT2D eigenvalue weighted by Gasteiger charge is -2.13. The van der Waals surface area contributed by atoms with Crippen molar-refractivity contribution in [3.8, 4) is 22.9 Å². The Kier molecular flexibility index (Phi) is 5.85. The van der Waals surface area contributed by atoms with Crippen molar-refractivity contribution in [2.24, 2.45) is 0 Å². The molecule has 2 heterocycles. The first-order valence-corrected chi connectivity index (χ1v) is 11.4. The van der Waals surface area contributed by atoms with Gasteiger partial charge in [-0.15, -0.1) is 10.2 Å². The van der Waals surface area contributed by atoms with Crippen molar-refractivity contribution in [3.05, 3.63) is 94.1 Å². The molecule has 164 valence electrons. The molecule has 9 heteroatoms. The van der Waals surface area contributed by atoms with E-state index >= 15 is 0 Å². The minimum Gasteiger partial charge on any atom is -0.497 e. The molecule has 0 aliphatic rings. The minimum atomic E-state index is -0.168. The van der Waals surface area contributed by atoms with E-state index in [1.165, 1.54) is 11.8 Å². The zero-order valence-electron chi connectivity index (χ0n) is 17.4. The van der Waals surface area contributed by atoms with Gasteiger partial charge in [0.2, 0.25) is 11.8 Å². The molecule has 7 nitrogen and oxygen atoms in total. The van der Waals surface area contributed by atoms with E-state index in [-0.39, 0.29) is 5.56 Å². The molecule has 3 aromatic carbocycles. The maximum Gasteiger partial charge on any atom is 0.266 e.